The Hall–Kier alpha value is -1.34. The predicted octanol–water partition coefficient (Wildman–Crippen LogP) is 2.65. The maximum Gasteiger partial charge on any atom is 0.257 e. The van der Waals surface area contributed by atoms with Crippen LogP contribution in [0.4, 0.5) is 5.82 Å². The van der Waals surface area contributed by atoms with Crippen LogP contribution in [0.1, 0.15) is 10.4 Å². The first-order chi connectivity index (χ1) is 8.15. The van der Waals surface area contributed by atoms with Gasteiger partial charge >= 0.3 is 0 Å². The molecule has 0 radical (unpaired) electrons. The van der Waals surface area contributed by atoms with Crippen LogP contribution in [0.25, 0.3) is 0 Å². The Morgan fingerprint density at radius 1 is 1.12 bits per heavy atom. The summed E-state index contributed by atoms with van der Waals surface area (Å²) in [5.41, 5.74) is 0.497. The van der Waals surface area contributed by atoms with Gasteiger partial charge in [0.15, 0.2) is 5.82 Å². The van der Waals surface area contributed by atoms with E-state index in [0.29, 0.717) is 20.6 Å². The first-order valence-electron chi connectivity index (χ1n) is 4.55. The Balaban J connectivity index is 2.14. The van der Waals surface area contributed by atoms with Gasteiger partial charge in [-0.15, -0.1) is 0 Å². The highest BCUT2D eigenvalue weighted by atomic mass is 79.9. The van der Waals surface area contributed by atoms with Gasteiger partial charge in [0.05, 0.1) is 12.4 Å². The van der Waals surface area contributed by atoms with Crippen molar-refractivity contribution in [3.05, 3.63) is 45.5 Å². The molecule has 2 rings (SSSR count). The van der Waals surface area contributed by atoms with Crippen molar-refractivity contribution in [2.45, 2.75) is 0 Å². The number of pyridine rings is 1. The number of nitrogens with zero attached hydrogens (tertiary/aromatic N) is 3. The lowest BCUT2D eigenvalue weighted by molar-refractivity contribution is 0.102. The molecule has 0 saturated carbocycles. The topological polar surface area (TPSA) is 67.8 Å². The lowest BCUT2D eigenvalue weighted by atomic mass is 10.2. The third kappa shape index (κ3) is 3.31. The SMILES string of the molecule is O=C(Nc1cnc(Br)cn1)c1ccnc(Br)c1. The second-order valence-corrected chi connectivity index (χ2v) is 4.67. The maximum atomic E-state index is 11.8. The van der Waals surface area contributed by atoms with E-state index in [1.807, 2.05) is 0 Å². The Bertz CT molecular complexity index is 544. The van der Waals surface area contributed by atoms with Crippen LogP contribution in [0, 0.1) is 0 Å². The number of amides is 1. The summed E-state index contributed by atoms with van der Waals surface area (Å²) in [6, 6.07) is 3.24. The van der Waals surface area contributed by atoms with Crippen molar-refractivity contribution in [3.8, 4) is 0 Å². The Morgan fingerprint density at radius 2 is 1.94 bits per heavy atom. The van der Waals surface area contributed by atoms with Crippen LogP contribution < -0.4 is 5.32 Å². The molecule has 86 valence electrons. The van der Waals surface area contributed by atoms with E-state index in [9.17, 15) is 4.79 Å². The van der Waals surface area contributed by atoms with Gasteiger partial charge in [0.25, 0.3) is 5.91 Å². The standard InChI is InChI=1S/C10H6Br2N4O/c11-7-3-6(1-2-13-7)10(17)16-9-5-14-8(12)4-15-9/h1-5H,(H,15,16,17). The molecule has 7 heteroatoms. The van der Waals surface area contributed by atoms with Crippen LogP contribution in [-0.2, 0) is 0 Å². The lowest BCUT2D eigenvalue weighted by Gasteiger charge is -2.03. The number of carbonyl (C=O) groups excluding carboxylic acids is 1. The van der Waals surface area contributed by atoms with Crippen molar-refractivity contribution in [1.29, 1.82) is 0 Å². The molecule has 0 atom stereocenters. The van der Waals surface area contributed by atoms with Crippen molar-refractivity contribution in [2.75, 3.05) is 5.32 Å². The molecule has 0 aromatic carbocycles. The van der Waals surface area contributed by atoms with Gasteiger partial charge in [0, 0.05) is 11.8 Å². The van der Waals surface area contributed by atoms with Crippen LogP contribution in [0.15, 0.2) is 39.9 Å². The molecule has 0 aliphatic heterocycles. The number of carbonyl (C=O) groups is 1. The zero-order valence-corrected chi connectivity index (χ0v) is 11.6. The largest absolute Gasteiger partial charge is 0.305 e. The maximum absolute atomic E-state index is 11.8. The summed E-state index contributed by atoms with van der Waals surface area (Å²) in [4.78, 5) is 23.7. The van der Waals surface area contributed by atoms with Gasteiger partial charge in [0.1, 0.15) is 9.21 Å². The van der Waals surface area contributed by atoms with E-state index >= 15 is 0 Å². The van der Waals surface area contributed by atoms with E-state index in [1.165, 1.54) is 12.4 Å². The van der Waals surface area contributed by atoms with E-state index in [-0.39, 0.29) is 5.91 Å². The quantitative estimate of drug-likeness (QED) is 0.839. The second-order valence-electron chi connectivity index (χ2n) is 3.05. The molecule has 2 aromatic rings. The minimum absolute atomic E-state index is 0.260. The minimum atomic E-state index is -0.260. The van der Waals surface area contributed by atoms with Gasteiger partial charge in [-0.05, 0) is 44.0 Å². The van der Waals surface area contributed by atoms with Crippen LogP contribution in [0.2, 0.25) is 0 Å². The number of anilines is 1. The van der Waals surface area contributed by atoms with E-state index < -0.39 is 0 Å². The average molecular weight is 358 g/mol. The molecule has 1 N–H and O–H groups in total. The summed E-state index contributed by atoms with van der Waals surface area (Å²) in [6.07, 6.45) is 4.53. The Kier molecular flexibility index (Phi) is 3.80. The second kappa shape index (κ2) is 5.33. The summed E-state index contributed by atoms with van der Waals surface area (Å²) < 4.78 is 1.22. The van der Waals surface area contributed by atoms with Gasteiger partial charge in [0.2, 0.25) is 0 Å². The number of halogens is 2. The molecule has 0 aliphatic rings. The molecule has 2 aromatic heterocycles. The summed E-state index contributed by atoms with van der Waals surface area (Å²) in [5, 5.41) is 2.63. The molecule has 0 saturated heterocycles. The molecular weight excluding hydrogens is 352 g/mol. The van der Waals surface area contributed by atoms with Gasteiger partial charge in [-0.25, -0.2) is 15.0 Å². The first kappa shape index (κ1) is 12.1. The van der Waals surface area contributed by atoms with E-state index in [0.717, 1.165) is 0 Å². The minimum Gasteiger partial charge on any atom is -0.305 e. The van der Waals surface area contributed by atoms with Crippen molar-refractivity contribution in [2.24, 2.45) is 0 Å². The zero-order valence-electron chi connectivity index (χ0n) is 8.39. The van der Waals surface area contributed by atoms with Crippen LogP contribution >= 0.6 is 31.9 Å². The third-order valence-electron chi connectivity index (χ3n) is 1.85. The van der Waals surface area contributed by atoms with Crippen LogP contribution in [0.5, 0.6) is 0 Å². The molecule has 0 spiro atoms. The van der Waals surface area contributed by atoms with Gasteiger partial charge < -0.3 is 5.32 Å². The molecule has 1 amide bonds. The number of hydrogen-bond acceptors (Lipinski definition) is 4. The predicted molar refractivity (Wildman–Crippen MR) is 69.6 cm³/mol. The normalized spacial score (nSPS) is 10.0. The Morgan fingerprint density at radius 3 is 2.59 bits per heavy atom. The number of rotatable bonds is 2. The van der Waals surface area contributed by atoms with Crippen LogP contribution in [-0.4, -0.2) is 20.9 Å². The Labute approximate surface area is 114 Å². The molecule has 0 aliphatic carbocycles. The summed E-state index contributed by atoms with van der Waals surface area (Å²) >= 11 is 6.37. The molecule has 0 bridgehead atoms. The lowest BCUT2D eigenvalue weighted by Crippen LogP contribution is -2.13. The number of aromatic nitrogens is 3. The summed E-state index contributed by atoms with van der Waals surface area (Å²) in [5.74, 6) is 0.135. The number of nitrogens with one attached hydrogen (secondary N) is 1. The smallest absolute Gasteiger partial charge is 0.257 e. The van der Waals surface area contributed by atoms with E-state index in [1.54, 1.807) is 18.3 Å². The highest BCUT2D eigenvalue weighted by Crippen LogP contribution is 2.11. The molecule has 17 heavy (non-hydrogen) atoms. The summed E-state index contributed by atoms with van der Waals surface area (Å²) in [7, 11) is 0. The fourth-order valence-corrected chi connectivity index (χ4v) is 1.68. The fraction of sp³-hybridized carbons (Fsp3) is 0. The van der Waals surface area contributed by atoms with E-state index in [2.05, 4.69) is 52.1 Å². The molecular formula is C10H6Br2N4O. The molecule has 0 fully saturated rings. The third-order valence-corrected chi connectivity index (χ3v) is 2.69. The van der Waals surface area contributed by atoms with Crippen molar-refractivity contribution in [1.82, 2.24) is 15.0 Å². The van der Waals surface area contributed by atoms with E-state index in [4.69, 9.17) is 0 Å². The highest BCUT2D eigenvalue weighted by Gasteiger charge is 2.07. The first-order valence-corrected chi connectivity index (χ1v) is 6.14. The van der Waals surface area contributed by atoms with Gasteiger partial charge in [-0.3, -0.25) is 4.79 Å². The molecule has 0 unspecified atom stereocenters. The van der Waals surface area contributed by atoms with Crippen molar-refractivity contribution in [3.63, 3.8) is 0 Å². The van der Waals surface area contributed by atoms with Gasteiger partial charge in [-0.1, -0.05) is 0 Å². The van der Waals surface area contributed by atoms with Crippen LogP contribution in [0.3, 0.4) is 0 Å². The van der Waals surface area contributed by atoms with Crippen molar-refractivity contribution < 1.29 is 4.79 Å². The van der Waals surface area contributed by atoms with Gasteiger partial charge in [-0.2, -0.15) is 0 Å². The zero-order chi connectivity index (χ0) is 12.3. The number of hydrogen-bond donors (Lipinski definition) is 1. The monoisotopic (exact) mass is 356 g/mol. The molecule has 2 heterocycles. The fourth-order valence-electron chi connectivity index (χ4n) is 1.11. The average Bonchev–Trinajstić information content (AvgIpc) is 2.32. The molecule has 5 nitrogen and oxygen atoms in total. The van der Waals surface area contributed by atoms with Crippen molar-refractivity contribution >= 4 is 43.6 Å². The highest BCUT2D eigenvalue weighted by molar-refractivity contribution is 9.10. The summed E-state index contributed by atoms with van der Waals surface area (Å²) in [6.45, 7) is 0.